The van der Waals surface area contributed by atoms with Crippen molar-refractivity contribution in [3.63, 3.8) is 0 Å². The predicted molar refractivity (Wildman–Crippen MR) is 71.3 cm³/mol. The van der Waals surface area contributed by atoms with Gasteiger partial charge >= 0.3 is 5.97 Å². The zero-order chi connectivity index (χ0) is 13.0. The molecule has 0 amide bonds. The van der Waals surface area contributed by atoms with Gasteiger partial charge in [0.15, 0.2) is 0 Å². The molecule has 0 saturated heterocycles. The lowest BCUT2D eigenvalue weighted by Gasteiger charge is -2.59. The second-order valence-electron chi connectivity index (χ2n) is 5.69. The van der Waals surface area contributed by atoms with E-state index in [0.29, 0.717) is 28.5 Å². The SMILES string of the molecule is O=C(O)C1(c2c(Cl)cccc2Cl)CC2(CCC2)C1. The van der Waals surface area contributed by atoms with Gasteiger partial charge in [-0.3, -0.25) is 4.79 Å². The van der Waals surface area contributed by atoms with Crippen molar-refractivity contribution in [2.24, 2.45) is 5.41 Å². The first-order valence-corrected chi connectivity index (χ1v) is 6.93. The fourth-order valence-corrected chi connectivity index (χ4v) is 4.41. The Bertz CT molecular complexity index is 492. The van der Waals surface area contributed by atoms with Gasteiger partial charge in [-0.1, -0.05) is 35.7 Å². The number of halogens is 2. The van der Waals surface area contributed by atoms with Crippen LogP contribution in [0.25, 0.3) is 0 Å². The highest BCUT2D eigenvalue weighted by Gasteiger charge is 2.62. The molecule has 2 aliphatic carbocycles. The Morgan fingerprint density at radius 3 is 2.11 bits per heavy atom. The van der Waals surface area contributed by atoms with Crippen LogP contribution in [0.4, 0.5) is 0 Å². The van der Waals surface area contributed by atoms with E-state index in [0.717, 1.165) is 12.8 Å². The summed E-state index contributed by atoms with van der Waals surface area (Å²) in [6.07, 6.45) is 4.86. The summed E-state index contributed by atoms with van der Waals surface area (Å²) < 4.78 is 0. The zero-order valence-corrected chi connectivity index (χ0v) is 11.4. The largest absolute Gasteiger partial charge is 0.481 e. The molecule has 1 spiro atoms. The summed E-state index contributed by atoms with van der Waals surface area (Å²) in [5.74, 6) is -0.796. The van der Waals surface area contributed by atoms with Crippen LogP contribution < -0.4 is 0 Å². The van der Waals surface area contributed by atoms with E-state index in [4.69, 9.17) is 23.2 Å². The molecule has 2 nitrogen and oxygen atoms in total. The summed E-state index contributed by atoms with van der Waals surface area (Å²) in [6.45, 7) is 0. The van der Waals surface area contributed by atoms with Crippen molar-refractivity contribution >= 4 is 29.2 Å². The molecule has 96 valence electrons. The molecule has 2 aliphatic rings. The molecule has 0 atom stereocenters. The van der Waals surface area contributed by atoms with Crippen molar-refractivity contribution in [1.82, 2.24) is 0 Å². The molecule has 18 heavy (non-hydrogen) atoms. The number of hydrogen-bond donors (Lipinski definition) is 1. The molecule has 0 radical (unpaired) electrons. The first kappa shape index (κ1) is 12.3. The molecule has 0 aliphatic heterocycles. The van der Waals surface area contributed by atoms with Crippen LogP contribution in [0.5, 0.6) is 0 Å². The van der Waals surface area contributed by atoms with Gasteiger partial charge in [-0.15, -0.1) is 0 Å². The molecule has 0 unspecified atom stereocenters. The van der Waals surface area contributed by atoms with Gasteiger partial charge in [0.25, 0.3) is 0 Å². The molecule has 1 aromatic carbocycles. The average Bonchev–Trinajstić information content (AvgIpc) is 2.17. The van der Waals surface area contributed by atoms with Crippen LogP contribution in [0.15, 0.2) is 18.2 Å². The van der Waals surface area contributed by atoms with E-state index in [2.05, 4.69) is 0 Å². The lowest BCUT2D eigenvalue weighted by atomic mass is 9.44. The average molecular weight is 285 g/mol. The third-order valence-electron chi connectivity index (χ3n) is 4.62. The minimum Gasteiger partial charge on any atom is -0.481 e. The molecule has 0 aromatic heterocycles. The zero-order valence-electron chi connectivity index (χ0n) is 9.88. The molecule has 3 rings (SSSR count). The normalized spacial score (nSPS) is 23.2. The van der Waals surface area contributed by atoms with Crippen molar-refractivity contribution in [3.05, 3.63) is 33.8 Å². The molecule has 0 bridgehead atoms. The Morgan fingerprint density at radius 1 is 1.17 bits per heavy atom. The number of carboxylic acid groups (broad SMARTS) is 1. The number of hydrogen-bond acceptors (Lipinski definition) is 1. The molecule has 2 saturated carbocycles. The van der Waals surface area contributed by atoms with Gasteiger partial charge in [-0.2, -0.15) is 0 Å². The highest BCUT2D eigenvalue weighted by Crippen LogP contribution is 2.66. The highest BCUT2D eigenvalue weighted by molar-refractivity contribution is 6.36. The first-order chi connectivity index (χ1) is 8.49. The topological polar surface area (TPSA) is 37.3 Å². The summed E-state index contributed by atoms with van der Waals surface area (Å²) >= 11 is 12.4. The Balaban J connectivity index is 2.04. The van der Waals surface area contributed by atoms with E-state index >= 15 is 0 Å². The molecule has 2 fully saturated rings. The minimum atomic E-state index is -0.865. The van der Waals surface area contributed by atoms with Crippen LogP contribution in [0.2, 0.25) is 10.0 Å². The van der Waals surface area contributed by atoms with Gasteiger partial charge < -0.3 is 5.11 Å². The summed E-state index contributed by atoms with van der Waals surface area (Å²) in [5, 5.41) is 10.6. The minimum absolute atomic E-state index is 0.251. The second kappa shape index (κ2) is 3.88. The van der Waals surface area contributed by atoms with E-state index in [1.807, 2.05) is 0 Å². The van der Waals surface area contributed by atoms with Crippen LogP contribution in [-0.2, 0) is 10.2 Å². The van der Waals surface area contributed by atoms with Crippen molar-refractivity contribution in [2.45, 2.75) is 37.5 Å². The maximum atomic E-state index is 11.7. The van der Waals surface area contributed by atoms with Gasteiger partial charge in [0.2, 0.25) is 0 Å². The van der Waals surface area contributed by atoms with E-state index in [9.17, 15) is 9.90 Å². The van der Waals surface area contributed by atoms with E-state index in [1.54, 1.807) is 18.2 Å². The third kappa shape index (κ3) is 1.52. The van der Waals surface area contributed by atoms with Crippen LogP contribution in [0, 0.1) is 5.41 Å². The first-order valence-electron chi connectivity index (χ1n) is 6.17. The second-order valence-corrected chi connectivity index (χ2v) is 6.51. The molecule has 1 N–H and O–H groups in total. The summed E-state index contributed by atoms with van der Waals surface area (Å²) in [5.41, 5.74) is -0.00476. The molecular weight excluding hydrogens is 271 g/mol. The predicted octanol–water partition coefficient (Wildman–Crippen LogP) is 4.28. The number of rotatable bonds is 2. The Morgan fingerprint density at radius 2 is 1.72 bits per heavy atom. The fourth-order valence-electron chi connectivity index (χ4n) is 3.65. The molecule has 1 aromatic rings. The lowest BCUT2D eigenvalue weighted by molar-refractivity contribution is -0.160. The van der Waals surface area contributed by atoms with Crippen LogP contribution >= 0.6 is 23.2 Å². The summed E-state index contributed by atoms with van der Waals surface area (Å²) in [7, 11) is 0. The standard InChI is InChI=1S/C14H14Cl2O2/c15-9-3-1-4-10(16)11(9)14(12(17)18)7-13(8-14)5-2-6-13/h1,3-4H,2,5-8H2,(H,17,18). The van der Waals surface area contributed by atoms with Crippen LogP contribution in [0.3, 0.4) is 0 Å². The number of aliphatic carboxylic acids is 1. The van der Waals surface area contributed by atoms with Crippen molar-refractivity contribution in [3.8, 4) is 0 Å². The van der Waals surface area contributed by atoms with Crippen molar-refractivity contribution < 1.29 is 9.90 Å². The van der Waals surface area contributed by atoms with Crippen molar-refractivity contribution in [1.29, 1.82) is 0 Å². The van der Waals surface area contributed by atoms with Gasteiger partial charge in [0, 0.05) is 15.6 Å². The van der Waals surface area contributed by atoms with Crippen LogP contribution in [0.1, 0.15) is 37.7 Å². The number of carboxylic acids is 1. The maximum absolute atomic E-state index is 11.7. The fraction of sp³-hybridized carbons (Fsp3) is 0.500. The molecular formula is C14H14Cl2O2. The van der Waals surface area contributed by atoms with E-state index < -0.39 is 11.4 Å². The quantitative estimate of drug-likeness (QED) is 0.880. The monoisotopic (exact) mass is 284 g/mol. The highest BCUT2D eigenvalue weighted by atomic mass is 35.5. The Hall–Kier alpha value is -0.730. The van der Waals surface area contributed by atoms with Gasteiger partial charge in [-0.25, -0.2) is 0 Å². The summed E-state index contributed by atoms with van der Waals surface area (Å²) in [6, 6.07) is 5.19. The lowest BCUT2D eigenvalue weighted by Crippen LogP contribution is -2.57. The molecule has 0 heterocycles. The van der Waals surface area contributed by atoms with Gasteiger partial charge in [0.05, 0.1) is 5.41 Å². The number of benzene rings is 1. The Labute approximate surface area is 116 Å². The van der Waals surface area contributed by atoms with Crippen LogP contribution in [-0.4, -0.2) is 11.1 Å². The number of carbonyl (C=O) groups is 1. The van der Waals surface area contributed by atoms with E-state index in [-0.39, 0.29) is 5.41 Å². The Kier molecular flexibility index (Phi) is 2.65. The smallest absolute Gasteiger partial charge is 0.314 e. The summed E-state index contributed by atoms with van der Waals surface area (Å²) in [4.78, 5) is 11.7. The van der Waals surface area contributed by atoms with Gasteiger partial charge in [-0.05, 0) is 43.2 Å². The van der Waals surface area contributed by atoms with Gasteiger partial charge in [0.1, 0.15) is 0 Å². The third-order valence-corrected chi connectivity index (χ3v) is 5.25. The van der Waals surface area contributed by atoms with E-state index in [1.165, 1.54) is 6.42 Å². The molecule has 4 heteroatoms. The van der Waals surface area contributed by atoms with Crippen molar-refractivity contribution in [2.75, 3.05) is 0 Å². The maximum Gasteiger partial charge on any atom is 0.314 e.